The van der Waals surface area contributed by atoms with Gasteiger partial charge in [0, 0.05) is 36.3 Å². The van der Waals surface area contributed by atoms with Crippen LogP contribution in [0.2, 0.25) is 10.0 Å². The maximum atomic E-state index is 9.01. The highest BCUT2D eigenvalue weighted by atomic mass is 35.5. The molecule has 0 fully saturated rings. The summed E-state index contributed by atoms with van der Waals surface area (Å²) in [5, 5.41) is 16.1. The molecule has 128 valence electrons. The predicted octanol–water partition coefficient (Wildman–Crippen LogP) is 3.99. The summed E-state index contributed by atoms with van der Waals surface area (Å²) in [6.07, 6.45) is 3.40. The minimum Gasteiger partial charge on any atom is -0.395 e. The predicted molar refractivity (Wildman–Crippen MR) is 101 cm³/mol. The lowest BCUT2D eigenvalue weighted by molar-refractivity contribution is 0.311. The van der Waals surface area contributed by atoms with Crippen molar-refractivity contribution in [2.75, 3.05) is 23.8 Å². The van der Waals surface area contributed by atoms with Crippen molar-refractivity contribution in [3.63, 3.8) is 0 Å². The van der Waals surface area contributed by atoms with E-state index in [-0.39, 0.29) is 6.61 Å². The monoisotopic (exact) mass is 375 g/mol. The van der Waals surface area contributed by atoms with Crippen LogP contribution in [0, 0.1) is 0 Å². The highest BCUT2D eigenvalue weighted by Gasteiger charge is 2.08. The molecule has 6 nitrogen and oxygen atoms in total. The fourth-order valence-electron chi connectivity index (χ4n) is 2.15. The minimum atomic E-state index is -0.0155. The lowest BCUT2D eigenvalue weighted by atomic mass is 10.2. The average molecular weight is 376 g/mol. The van der Waals surface area contributed by atoms with Gasteiger partial charge in [-0.25, -0.2) is 4.98 Å². The van der Waals surface area contributed by atoms with E-state index in [1.165, 1.54) is 0 Å². The molecule has 0 bridgehead atoms. The number of pyridine rings is 1. The molecule has 2 aromatic heterocycles. The third-order valence-corrected chi connectivity index (χ3v) is 4.03. The molecule has 3 rings (SSSR count). The van der Waals surface area contributed by atoms with E-state index in [0.29, 0.717) is 28.4 Å². The van der Waals surface area contributed by atoms with E-state index in [1.807, 2.05) is 24.3 Å². The third kappa shape index (κ3) is 4.57. The topological polar surface area (TPSA) is 83.0 Å². The number of rotatable bonds is 6. The molecule has 0 unspecified atom stereocenters. The zero-order valence-corrected chi connectivity index (χ0v) is 14.6. The van der Waals surface area contributed by atoms with Crippen molar-refractivity contribution in [2.24, 2.45) is 0 Å². The van der Waals surface area contributed by atoms with Gasteiger partial charge in [0.25, 0.3) is 0 Å². The standard InChI is InChI=1S/C17H15Cl2N5O/c18-13-2-1-12(9-14(13)19)22-16-10-15(11-3-5-20-6-4-11)23-17(24-16)21-7-8-25/h1-6,9-10,25H,7-8H2,(H2,21,22,23,24). The number of aliphatic hydroxyl groups is 1. The second kappa shape index (κ2) is 8.11. The van der Waals surface area contributed by atoms with Gasteiger partial charge in [-0.2, -0.15) is 4.98 Å². The van der Waals surface area contributed by atoms with Crippen molar-refractivity contribution >= 4 is 40.7 Å². The Balaban J connectivity index is 1.95. The normalized spacial score (nSPS) is 10.5. The number of nitrogens with one attached hydrogen (secondary N) is 2. The van der Waals surface area contributed by atoms with Crippen molar-refractivity contribution in [1.29, 1.82) is 0 Å². The summed E-state index contributed by atoms with van der Waals surface area (Å²) in [5.41, 5.74) is 2.38. The van der Waals surface area contributed by atoms with Crippen LogP contribution in [0.1, 0.15) is 0 Å². The van der Waals surface area contributed by atoms with Crippen molar-refractivity contribution in [3.8, 4) is 11.3 Å². The van der Waals surface area contributed by atoms with Gasteiger partial charge in [0.05, 0.1) is 22.3 Å². The zero-order valence-electron chi connectivity index (χ0n) is 13.1. The zero-order chi connectivity index (χ0) is 17.6. The summed E-state index contributed by atoms with van der Waals surface area (Å²) >= 11 is 12.0. The van der Waals surface area contributed by atoms with Crippen LogP contribution >= 0.6 is 23.2 Å². The molecule has 3 N–H and O–H groups in total. The van der Waals surface area contributed by atoms with Crippen molar-refractivity contribution in [1.82, 2.24) is 15.0 Å². The van der Waals surface area contributed by atoms with E-state index < -0.39 is 0 Å². The largest absolute Gasteiger partial charge is 0.395 e. The summed E-state index contributed by atoms with van der Waals surface area (Å²) in [6.45, 7) is 0.338. The molecule has 0 saturated heterocycles. The molecule has 0 spiro atoms. The quantitative estimate of drug-likeness (QED) is 0.603. The maximum absolute atomic E-state index is 9.01. The van der Waals surface area contributed by atoms with Gasteiger partial charge in [0.2, 0.25) is 5.95 Å². The maximum Gasteiger partial charge on any atom is 0.225 e. The fourth-order valence-corrected chi connectivity index (χ4v) is 2.45. The minimum absolute atomic E-state index is 0.0155. The molecular weight excluding hydrogens is 361 g/mol. The van der Waals surface area contributed by atoms with Gasteiger partial charge in [0.15, 0.2) is 0 Å². The SMILES string of the molecule is OCCNc1nc(Nc2ccc(Cl)c(Cl)c2)cc(-c2ccncc2)n1. The molecule has 0 saturated carbocycles. The molecule has 0 radical (unpaired) electrons. The molecule has 8 heteroatoms. The number of anilines is 3. The van der Waals surface area contributed by atoms with Gasteiger partial charge < -0.3 is 15.7 Å². The van der Waals surface area contributed by atoms with E-state index in [1.54, 1.807) is 24.5 Å². The summed E-state index contributed by atoms with van der Waals surface area (Å²) < 4.78 is 0. The highest BCUT2D eigenvalue weighted by Crippen LogP contribution is 2.28. The van der Waals surface area contributed by atoms with E-state index in [0.717, 1.165) is 16.9 Å². The van der Waals surface area contributed by atoms with Crippen LogP contribution in [0.3, 0.4) is 0 Å². The van der Waals surface area contributed by atoms with Crippen LogP contribution in [0.4, 0.5) is 17.5 Å². The Bertz CT molecular complexity index is 861. The van der Waals surface area contributed by atoms with Crippen LogP contribution in [0.15, 0.2) is 48.8 Å². The lowest BCUT2D eigenvalue weighted by Crippen LogP contribution is -2.10. The first-order valence-corrected chi connectivity index (χ1v) is 8.27. The molecule has 0 atom stereocenters. The summed E-state index contributed by atoms with van der Waals surface area (Å²) in [6, 6.07) is 10.8. The molecule has 0 aliphatic carbocycles. The smallest absolute Gasteiger partial charge is 0.225 e. The number of hydrogen-bond acceptors (Lipinski definition) is 6. The molecule has 1 aromatic carbocycles. The Morgan fingerprint density at radius 2 is 1.76 bits per heavy atom. The van der Waals surface area contributed by atoms with E-state index in [4.69, 9.17) is 28.3 Å². The Labute approximate surface area is 154 Å². The summed E-state index contributed by atoms with van der Waals surface area (Å²) in [7, 11) is 0. The second-order valence-corrected chi connectivity index (χ2v) is 5.92. The lowest BCUT2D eigenvalue weighted by Gasteiger charge is -2.11. The number of hydrogen-bond donors (Lipinski definition) is 3. The average Bonchev–Trinajstić information content (AvgIpc) is 2.63. The Morgan fingerprint density at radius 1 is 0.960 bits per heavy atom. The molecule has 2 heterocycles. The number of aromatic nitrogens is 3. The highest BCUT2D eigenvalue weighted by molar-refractivity contribution is 6.42. The summed E-state index contributed by atoms with van der Waals surface area (Å²) in [5.74, 6) is 0.992. The molecule has 0 amide bonds. The number of nitrogens with zero attached hydrogens (tertiary/aromatic N) is 3. The van der Waals surface area contributed by atoms with Crippen LogP contribution in [-0.4, -0.2) is 33.2 Å². The Morgan fingerprint density at radius 3 is 2.48 bits per heavy atom. The number of benzene rings is 1. The third-order valence-electron chi connectivity index (χ3n) is 3.29. The van der Waals surface area contributed by atoms with Crippen molar-refractivity contribution in [2.45, 2.75) is 0 Å². The van der Waals surface area contributed by atoms with Crippen LogP contribution in [0.5, 0.6) is 0 Å². The number of aliphatic hydroxyl groups excluding tert-OH is 1. The molecule has 25 heavy (non-hydrogen) atoms. The van der Waals surface area contributed by atoms with Crippen molar-refractivity contribution in [3.05, 3.63) is 58.8 Å². The summed E-state index contributed by atoms with van der Waals surface area (Å²) in [4.78, 5) is 12.9. The fraction of sp³-hybridized carbons (Fsp3) is 0.118. The van der Waals surface area contributed by atoms with Crippen LogP contribution in [0.25, 0.3) is 11.3 Å². The van der Waals surface area contributed by atoms with Crippen LogP contribution < -0.4 is 10.6 Å². The van der Waals surface area contributed by atoms with Gasteiger partial charge in [-0.05, 0) is 30.3 Å². The van der Waals surface area contributed by atoms with E-state index >= 15 is 0 Å². The molecule has 3 aromatic rings. The van der Waals surface area contributed by atoms with Gasteiger partial charge in [-0.1, -0.05) is 23.2 Å². The van der Waals surface area contributed by atoms with Gasteiger partial charge >= 0.3 is 0 Å². The Kier molecular flexibility index (Phi) is 5.65. The number of halogens is 2. The van der Waals surface area contributed by atoms with Gasteiger partial charge in [-0.15, -0.1) is 0 Å². The first kappa shape index (κ1) is 17.4. The molecule has 0 aliphatic heterocycles. The molecular formula is C17H15Cl2N5O. The first-order chi connectivity index (χ1) is 12.2. The first-order valence-electron chi connectivity index (χ1n) is 7.52. The Hall–Kier alpha value is -2.41. The van der Waals surface area contributed by atoms with Gasteiger partial charge in [0.1, 0.15) is 5.82 Å². The van der Waals surface area contributed by atoms with E-state index in [9.17, 15) is 0 Å². The molecule has 0 aliphatic rings. The van der Waals surface area contributed by atoms with E-state index in [2.05, 4.69) is 25.6 Å². The second-order valence-electron chi connectivity index (χ2n) is 5.10. The van der Waals surface area contributed by atoms with Crippen LogP contribution in [-0.2, 0) is 0 Å². The van der Waals surface area contributed by atoms with Crippen molar-refractivity contribution < 1.29 is 5.11 Å². The van der Waals surface area contributed by atoms with Gasteiger partial charge in [-0.3, -0.25) is 4.98 Å².